The molecule has 40 heavy (non-hydrogen) atoms. The Morgan fingerprint density at radius 1 is 0.950 bits per heavy atom. The zero-order valence-electron chi connectivity index (χ0n) is 22.1. The predicted molar refractivity (Wildman–Crippen MR) is 156 cm³/mol. The summed E-state index contributed by atoms with van der Waals surface area (Å²) in [5, 5.41) is 1.27. The van der Waals surface area contributed by atoms with Crippen LogP contribution in [-0.2, 0) is 14.8 Å². The van der Waals surface area contributed by atoms with E-state index in [9.17, 15) is 13.2 Å². The van der Waals surface area contributed by atoms with E-state index in [1.165, 1.54) is 18.2 Å². The lowest BCUT2D eigenvalue weighted by molar-refractivity contribution is 0.0240. The van der Waals surface area contributed by atoms with Gasteiger partial charge in [-0.05, 0) is 63.2 Å². The van der Waals surface area contributed by atoms with Crippen molar-refractivity contribution in [3.8, 4) is 5.82 Å². The molecule has 13 heteroatoms. The fourth-order valence-electron chi connectivity index (χ4n) is 4.36. The maximum atomic E-state index is 12.9. The van der Waals surface area contributed by atoms with Gasteiger partial charge in [0.2, 0.25) is 0 Å². The molecule has 0 unspecified atom stereocenters. The van der Waals surface area contributed by atoms with Crippen LogP contribution in [0.5, 0.6) is 0 Å². The molecular weight excluding hydrogens is 575 g/mol. The first-order chi connectivity index (χ1) is 18.9. The van der Waals surface area contributed by atoms with Gasteiger partial charge in [-0.2, -0.15) is 0 Å². The van der Waals surface area contributed by atoms with Crippen LogP contribution in [0.3, 0.4) is 0 Å². The third-order valence-electron chi connectivity index (χ3n) is 6.20. The molecule has 3 heterocycles. The number of nitrogens with one attached hydrogen (secondary N) is 1. The summed E-state index contributed by atoms with van der Waals surface area (Å²) < 4.78 is 35.7. The first-order valence-corrected chi connectivity index (χ1v) is 14.8. The monoisotopic (exact) mass is 602 g/mol. The van der Waals surface area contributed by atoms with Gasteiger partial charge in [0, 0.05) is 53.5 Å². The lowest BCUT2D eigenvalue weighted by atomic mass is 10.2. The van der Waals surface area contributed by atoms with Gasteiger partial charge in [-0.15, -0.1) is 0 Å². The van der Waals surface area contributed by atoms with Crippen molar-refractivity contribution >= 4 is 61.7 Å². The van der Waals surface area contributed by atoms with Crippen molar-refractivity contribution in [3.63, 3.8) is 0 Å². The van der Waals surface area contributed by atoms with Crippen LogP contribution in [0.2, 0.25) is 10.0 Å². The zero-order chi connectivity index (χ0) is 28.7. The number of carbonyl (C=O) groups is 1. The topological polar surface area (TPSA) is 110 Å². The smallest absolute Gasteiger partial charge is 0.410 e. The molecule has 0 aliphatic carbocycles. The molecule has 10 nitrogen and oxygen atoms in total. The summed E-state index contributed by atoms with van der Waals surface area (Å²) in [6.45, 7) is 7.80. The second-order valence-electron chi connectivity index (χ2n) is 10.4. The molecule has 0 atom stereocenters. The number of amides is 1. The third kappa shape index (κ3) is 6.27. The Balaban J connectivity index is 1.32. The van der Waals surface area contributed by atoms with Crippen molar-refractivity contribution in [2.45, 2.75) is 31.3 Å². The van der Waals surface area contributed by atoms with E-state index in [1.807, 2.05) is 43.7 Å². The average molecular weight is 604 g/mol. The second kappa shape index (κ2) is 10.8. The fourth-order valence-corrected chi connectivity index (χ4v) is 6.14. The van der Waals surface area contributed by atoms with Crippen molar-refractivity contribution in [1.29, 1.82) is 0 Å². The molecule has 1 amide bonds. The minimum atomic E-state index is -3.89. The Hall–Kier alpha value is -3.54. The molecule has 5 rings (SSSR count). The van der Waals surface area contributed by atoms with Gasteiger partial charge in [0.25, 0.3) is 10.0 Å². The molecule has 2 aromatic carbocycles. The fraction of sp³-hybridized carbons (Fsp3) is 0.296. The maximum Gasteiger partial charge on any atom is 0.410 e. The molecule has 1 aliphatic rings. The van der Waals surface area contributed by atoms with Gasteiger partial charge < -0.3 is 14.5 Å². The molecule has 210 valence electrons. The first-order valence-electron chi connectivity index (χ1n) is 12.5. The highest BCUT2D eigenvalue weighted by molar-refractivity contribution is 7.92. The molecule has 0 bridgehead atoms. The van der Waals surface area contributed by atoms with Gasteiger partial charge in [-0.3, -0.25) is 14.3 Å². The lowest BCUT2D eigenvalue weighted by Crippen LogP contribution is -2.50. The molecular formula is C27H28Cl2N6O4S. The second-order valence-corrected chi connectivity index (χ2v) is 12.9. The number of piperazine rings is 1. The summed E-state index contributed by atoms with van der Waals surface area (Å²) in [5.41, 5.74) is 0.683. The highest BCUT2D eigenvalue weighted by Gasteiger charge is 2.26. The van der Waals surface area contributed by atoms with Crippen molar-refractivity contribution in [3.05, 3.63) is 71.1 Å². The standard InChI is InChI=1S/C27H28Cl2N6O4S/c1-27(2,3)39-26(36)34-10-8-33(9-11-34)24-16-30-17-25(31-24)35-7-6-18-12-21(4-5-23(18)35)32-40(37,38)22-14-19(28)13-20(29)15-22/h4-7,12-17,32H,8-11H2,1-3H3. The van der Waals surface area contributed by atoms with Crippen LogP contribution < -0.4 is 9.62 Å². The Bertz CT molecular complexity index is 1660. The summed E-state index contributed by atoms with van der Waals surface area (Å²) >= 11 is 12.0. The highest BCUT2D eigenvalue weighted by Crippen LogP contribution is 2.27. The number of ether oxygens (including phenoxy) is 1. The molecule has 1 aliphatic heterocycles. The Kier molecular flexibility index (Phi) is 7.56. The molecule has 2 aromatic heterocycles. The zero-order valence-corrected chi connectivity index (χ0v) is 24.5. The normalized spacial score (nSPS) is 14.4. The van der Waals surface area contributed by atoms with Crippen LogP contribution in [0, 0.1) is 0 Å². The van der Waals surface area contributed by atoms with Gasteiger partial charge in [0.1, 0.15) is 11.4 Å². The number of hydrogen-bond donors (Lipinski definition) is 1. The largest absolute Gasteiger partial charge is 0.444 e. The van der Waals surface area contributed by atoms with Crippen LogP contribution in [0.4, 0.5) is 16.3 Å². The number of hydrogen-bond acceptors (Lipinski definition) is 7. The number of benzene rings is 2. The molecule has 0 radical (unpaired) electrons. The summed E-state index contributed by atoms with van der Waals surface area (Å²) in [7, 11) is -3.89. The highest BCUT2D eigenvalue weighted by atomic mass is 35.5. The van der Waals surface area contributed by atoms with Crippen molar-refractivity contribution in [1.82, 2.24) is 19.4 Å². The van der Waals surface area contributed by atoms with Crippen molar-refractivity contribution < 1.29 is 17.9 Å². The van der Waals surface area contributed by atoms with Gasteiger partial charge in [-0.25, -0.2) is 18.2 Å². The van der Waals surface area contributed by atoms with Crippen molar-refractivity contribution in [2.75, 3.05) is 35.8 Å². The number of fused-ring (bicyclic) bond motifs is 1. The van der Waals surface area contributed by atoms with Gasteiger partial charge in [-0.1, -0.05) is 23.2 Å². The van der Waals surface area contributed by atoms with Gasteiger partial charge >= 0.3 is 6.09 Å². The Morgan fingerprint density at radius 2 is 1.62 bits per heavy atom. The Labute approximate surface area is 242 Å². The molecule has 1 N–H and O–H groups in total. The van der Waals surface area contributed by atoms with Crippen LogP contribution in [-0.4, -0.2) is 65.7 Å². The molecule has 0 spiro atoms. The maximum absolute atomic E-state index is 12.9. The molecule has 0 saturated carbocycles. The van der Waals surface area contributed by atoms with Crippen LogP contribution >= 0.6 is 23.2 Å². The molecule has 1 saturated heterocycles. The van der Waals surface area contributed by atoms with E-state index in [4.69, 9.17) is 32.9 Å². The predicted octanol–water partition coefficient (Wildman–Crippen LogP) is 5.59. The van der Waals surface area contributed by atoms with Crippen LogP contribution in [0.1, 0.15) is 20.8 Å². The third-order valence-corrected chi connectivity index (χ3v) is 8.00. The van der Waals surface area contributed by atoms with E-state index in [0.717, 1.165) is 10.9 Å². The number of halogens is 2. The number of aromatic nitrogens is 3. The number of carbonyl (C=O) groups excluding carboxylic acids is 1. The van der Waals surface area contributed by atoms with Crippen LogP contribution in [0.15, 0.2) is 66.0 Å². The number of sulfonamides is 1. The average Bonchev–Trinajstić information content (AvgIpc) is 3.30. The number of rotatable bonds is 5. The van der Waals surface area contributed by atoms with Gasteiger partial charge in [0.15, 0.2) is 5.82 Å². The Morgan fingerprint density at radius 3 is 2.30 bits per heavy atom. The summed E-state index contributed by atoms with van der Waals surface area (Å²) in [6, 6.07) is 11.3. The van der Waals surface area contributed by atoms with Crippen LogP contribution in [0.25, 0.3) is 16.7 Å². The molecule has 4 aromatic rings. The molecule has 1 fully saturated rings. The van der Waals surface area contributed by atoms with E-state index in [1.54, 1.807) is 29.4 Å². The summed E-state index contributed by atoms with van der Waals surface area (Å²) in [6.07, 6.45) is 4.91. The summed E-state index contributed by atoms with van der Waals surface area (Å²) in [4.78, 5) is 25.4. The van der Waals surface area contributed by atoms with E-state index >= 15 is 0 Å². The minimum Gasteiger partial charge on any atom is -0.444 e. The van der Waals surface area contributed by atoms with E-state index in [-0.39, 0.29) is 21.0 Å². The van der Waals surface area contributed by atoms with Gasteiger partial charge in [0.05, 0.1) is 22.8 Å². The van der Waals surface area contributed by atoms with E-state index < -0.39 is 15.6 Å². The van der Waals surface area contributed by atoms with E-state index in [0.29, 0.717) is 43.5 Å². The summed E-state index contributed by atoms with van der Waals surface area (Å²) in [5.74, 6) is 1.32. The van der Waals surface area contributed by atoms with E-state index in [2.05, 4.69) is 14.6 Å². The number of nitrogens with zero attached hydrogens (tertiary/aromatic N) is 5. The lowest BCUT2D eigenvalue weighted by Gasteiger charge is -2.36. The SMILES string of the molecule is CC(C)(C)OC(=O)N1CCN(c2cncc(-n3ccc4cc(NS(=O)(=O)c5cc(Cl)cc(Cl)c5)ccc43)n2)CC1. The van der Waals surface area contributed by atoms with Crippen molar-refractivity contribution in [2.24, 2.45) is 0 Å². The quantitative estimate of drug-likeness (QED) is 0.317. The minimum absolute atomic E-state index is 0.0262. The first kappa shape index (κ1) is 28.0. The number of anilines is 2.